The molecular formula is C20H28N4O3S. The minimum absolute atomic E-state index is 0.278. The van der Waals surface area contributed by atoms with Crippen molar-refractivity contribution in [2.24, 2.45) is 5.92 Å². The average molecular weight is 405 g/mol. The highest BCUT2D eigenvalue weighted by Gasteiger charge is 2.30. The summed E-state index contributed by atoms with van der Waals surface area (Å²) in [6.07, 6.45) is 8.77. The van der Waals surface area contributed by atoms with Crippen LogP contribution in [0.15, 0.2) is 35.6 Å². The fourth-order valence-electron chi connectivity index (χ4n) is 4.24. The molecule has 7 nitrogen and oxygen atoms in total. The molecule has 8 heteroatoms. The predicted octanol–water partition coefficient (Wildman–Crippen LogP) is 2.58. The van der Waals surface area contributed by atoms with Crippen LogP contribution in [0.25, 0.3) is 0 Å². The van der Waals surface area contributed by atoms with Gasteiger partial charge in [0.2, 0.25) is 10.0 Å². The molecule has 0 radical (unpaired) electrons. The fraction of sp³-hybridized carbons (Fsp3) is 0.600. The van der Waals surface area contributed by atoms with E-state index in [-0.39, 0.29) is 4.90 Å². The number of hydrogen-bond acceptors (Lipinski definition) is 5. The maximum Gasteiger partial charge on any atom is 0.244 e. The summed E-state index contributed by atoms with van der Waals surface area (Å²) in [5.41, 5.74) is 1.19. The minimum atomic E-state index is -3.44. The molecule has 152 valence electrons. The van der Waals surface area contributed by atoms with Gasteiger partial charge in [0.25, 0.3) is 0 Å². The number of aryl methyl sites for hydroxylation is 1. The maximum atomic E-state index is 12.8. The van der Waals surface area contributed by atoms with E-state index in [1.54, 1.807) is 22.6 Å². The van der Waals surface area contributed by atoms with Gasteiger partial charge in [-0.1, -0.05) is 0 Å². The highest BCUT2D eigenvalue weighted by Crippen LogP contribution is 2.30. The topological polar surface area (TPSA) is 77.3 Å². The van der Waals surface area contributed by atoms with Crippen LogP contribution in [-0.2, 0) is 21.3 Å². The first kappa shape index (κ1) is 19.5. The van der Waals surface area contributed by atoms with Gasteiger partial charge in [0.15, 0.2) is 0 Å². The molecule has 0 aromatic carbocycles. The van der Waals surface area contributed by atoms with Crippen molar-refractivity contribution >= 4 is 10.0 Å². The average Bonchev–Trinajstić information content (AvgIpc) is 3.10. The van der Waals surface area contributed by atoms with Gasteiger partial charge in [0.1, 0.15) is 10.7 Å². The second kappa shape index (κ2) is 8.31. The lowest BCUT2D eigenvalue weighted by molar-refractivity contribution is 0.0824. The van der Waals surface area contributed by atoms with Crippen LogP contribution >= 0.6 is 0 Å². The summed E-state index contributed by atoms with van der Waals surface area (Å²) >= 11 is 0. The van der Waals surface area contributed by atoms with Crippen LogP contribution < -0.4 is 0 Å². The number of pyridine rings is 1. The van der Waals surface area contributed by atoms with E-state index in [2.05, 4.69) is 16.5 Å². The molecule has 2 fully saturated rings. The number of imidazole rings is 1. The molecule has 0 amide bonds. The van der Waals surface area contributed by atoms with Crippen molar-refractivity contribution in [3.05, 3.63) is 42.2 Å². The third-order valence-electron chi connectivity index (χ3n) is 5.96. The Morgan fingerprint density at radius 1 is 1.14 bits per heavy atom. The summed E-state index contributed by atoms with van der Waals surface area (Å²) in [6.45, 7) is 5.75. The van der Waals surface area contributed by atoms with E-state index in [4.69, 9.17) is 9.72 Å². The Kier molecular flexibility index (Phi) is 5.80. The molecule has 2 saturated heterocycles. The Morgan fingerprint density at radius 2 is 1.89 bits per heavy atom. The molecular weight excluding hydrogens is 376 g/mol. The summed E-state index contributed by atoms with van der Waals surface area (Å²) in [6, 6.07) is 3.28. The number of ether oxygens (including phenoxy) is 1. The Morgan fingerprint density at radius 3 is 2.57 bits per heavy atom. The molecule has 2 aliphatic heterocycles. The van der Waals surface area contributed by atoms with Gasteiger partial charge in [0, 0.05) is 63.1 Å². The molecule has 0 unspecified atom stereocenters. The Hall–Kier alpha value is -1.77. The summed E-state index contributed by atoms with van der Waals surface area (Å²) in [7, 11) is -3.44. The number of hydrogen-bond donors (Lipinski definition) is 0. The minimum Gasteiger partial charge on any atom is -0.381 e. The van der Waals surface area contributed by atoms with Crippen molar-refractivity contribution in [3.8, 4) is 0 Å². The van der Waals surface area contributed by atoms with E-state index >= 15 is 0 Å². The van der Waals surface area contributed by atoms with E-state index in [0.717, 1.165) is 45.4 Å². The van der Waals surface area contributed by atoms with Gasteiger partial charge in [-0.25, -0.2) is 13.4 Å². The van der Waals surface area contributed by atoms with Gasteiger partial charge in [-0.05, 0) is 50.7 Å². The summed E-state index contributed by atoms with van der Waals surface area (Å²) in [4.78, 5) is 8.92. The maximum absolute atomic E-state index is 12.8. The lowest BCUT2D eigenvalue weighted by Gasteiger charge is -2.32. The zero-order valence-electron chi connectivity index (χ0n) is 16.3. The lowest BCUT2D eigenvalue weighted by Crippen LogP contribution is -2.39. The van der Waals surface area contributed by atoms with Crippen LogP contribution in [0.4, 0.5) is 0 Å². The molecule has 0 saturated carbocycles. The van der Waals surface area contributed by atoms with Crippen molar-refractivity contribution in [3.63, 3.8) is 0 Å². The molecule has 0 N–H and O–H groups in total. The number of rotatable bonds is 5. The predicted molar refractivity (Wildman–Crippen MR) is 105 cm³/mol. The molecule has 0 spiro atoms. The first-order valence-corrected chi connectivity index (χ1v) is 11.5. The highest BCUT2D eigenvalue weighted by molar-refractivity contribution is 7.89. The van der Waals surface area contributed by atoms with Crippen LogP contribution in [0.1, 0.15) is 43.1 Å². The highest BCUT2D eigenvalue weighted by atomic mass is 32.2. The Balaban J connectivity index is 1.41. The Labute approximate surface area is 166 Å². The van der Waals surface area contributed by atoms with Gasteiger partial charge in [0.05, 0.1) is 0 Å². The summed E-state index contributed by atoms with van der Waals surface area (Å²) in [5.74, 6) is 2.10. The largest absolute Gasteiger partial charge is 0.381 e. The van der Waals surface area contributed by atoms with Gasteiger partial charge in [-0.3, -0.25) is 4.98 Å². The first-order valence-electron chi connectivity index (χ1n) is 10.1. The lowest BCUT2D eigenvalue weighted by atomic mass is 9.96. The second-order valence-corrected chi connectivity index (χ2v) is 9.73. The summed E-state index contributed by atoms with van der Waals surface area (Å²) in [5, 5.41) is 0. The van der Waals surface area contributed by atoms with Crippen molar-refractivity contribution in [1.29, 1.82) is 0 Å². The van der Waals surface area contributed by atoms with E-state index < -0.39 is 10.0 Å². The van der Waals surface area contributed by atoms with E-state index in [1.165, 1.54) is 17.7 Å². The van der Waals surface area contributed by atoms with E-state index in [9.17, 15) is 8.42 Å². The molecule has 28 heavy (non-hydrogen) atoms. The van der Waals surface area contributed by atoms with E-state index in [0.29, 0.717) is 24.9 Å². The SMILES string of the molecule is Cc1cnc(C2CCOCC2)n1CC1CCN(S(=O)(=O)c2cccnc2)CC1. The first-order chi connectivity index (χ1) is 13.6. The smallest absolute Gasteiger partial charge is 0.244 e. The second-order valence-electron chi connectivity index (χ2n) is 7.79. The van der Waals surface area contributed by atoms with Gasteiger partial charge in [-0.2, -0.15) is 4.31 Å². The number of aromatic nitrogens is 3. The third kappa shape index (κ3) is 3.99. The number of nitrogens with zero attached hydrogens (tertiary/aromatic N) is 4. The van der Waals surface area contributed by atoms with Crippen LogP contribution in [0.2, 0.25) is 0 Å². The quantitative estimate of drug-likeness (QED) is 0.765. The van der Waals surface area contributed by atoms with Crippen molar-refractivity contribution in [2.45, 2.75) is 50.0 Å². The van der Waals surface area contributed by atoms with Crippen LogP contribution in [0.5, 0.6) is 0 Å². The normalized spacial score (nSPS) is 20.5. The molecule has 2 aromatic rings. The van der Waals surface area contributed by atoms with Gasteiger partial charge >= 0.3 is 0 Å². The molecule has 4 rings (SSSR count). The monoisotopic (exact) mass is 404 g/mol. The van der Waals surface area contributed by atoms with Crippen LogP contribution in [-0.4, -0.2) is 53.6 Å². The summed E-state index contributed by atoms with van der Waals surface area (Å²) < 4.78 is 35.0. The molecule has 2 aliphatic rings. The van der Waals surface area contributed by atoms with E-state index in [1.807, 2.05) is 6.20 Å². The molecule has 0 bridgehead atoms. The Bertz CT molecular complexity index is 883. The molecule has 4 heterocycles. The van der Waals surface area contributed by atoms with Gasteiger partial charge in [-0.15, -0.1) is 0 Å². The number of piperidine rings is 1. The van der Waals surface area contributed by atoms with Crippen molar-refractivity contribution < 1.29 is 13.2 Å². The molecule has 2 aromatic heterocycles. The number of sulfonamides is 1. The zero-order chi connectivity index (χ0) is 19.6. The van der Waals surface area contributed by atoms with Crippen LogP contribution in [0.3, 0.4) is 0 Å². The standard InChI is InChI=1S/C20H28N4O3S/c1-16-13-22-20(18-6-11-27-12-7-18)24(16)15-17-4-9-23(10-5-17)28(25,26)19-3-2-8-21-14-19/h2-3,8,13-14,17-18H,4-7,9-12,15H2,1H3. The van der Waals surface area contributed by atoms with Crippen LogP contribution in [0, 0.1) is 12.8 Å². The fourth-order valence-corrected chi connectivity index (χ4v) is 5.67. The molecule has 0 aliphatic carbocycles. The van der Waals surface area contributed by atoms with Gasteiger partial charge < -0.3 is 9.30 Å². The third-order valence-corrected chi connectivity index (χ3v) is 7.84. The van der Waals surface area contributed by atoms with Crippen molar-refractivity contribution in [2.75, 3.05) is 26.3 Å². The zero-order valence-corrected chi connectivity index (χ0v) is 17.1. The van der Waals surface area contributed by atoms with Crippen molar-refractivity contribution in [1.82, 2.24) is 18.8 Å². The molecule has 0 atom stereocenters.